The first kappa shape index (κ1) is 13.6. The third-order valence-electron chi connectivity index (χ3n) is 3.26. The largest absolute Gasteiger partial charge is 0.493 e. The first-order valence-electron chi connectivity index (χ1n) is 6.65. The molecule has 0 saturated carbocycles. The van der Waals surface area contributed by atoms with Crippen molar-refractivity contribution in [2.75, 3.05) is 19.6 Å². The molecule has 2 aromatic rings. The van der Waals surface area contributed by atoms with Gasteiger partial charge >= 0.3 is 0 Å². The number of methoxy groups -OCH3 is 1. The van der Waals surface area contributed by atoms with Gasteiger partial charge in [-0.05, 0) is 24.3 Å². The zero-order valence-corrected chi connectivity index (χ0v) is 11.8. The summed E-state index contributed by atoms with van der Waals surface area (Å²) in [5, 5.41) is 0. The predicted molar refractivity (Wildman–Crippen MR) is 78.5 cm³/mol. The Morgan fingerprint density at radius 1 is 1.19 bits per heavy atom. The smallest absolute Gasteiger partial charge is 0.189 e. The molecule has 1 aliphatic rings. The van der Waals surface area contributed by atoms with Crippen molar-refractivity contribution in [3.8, 4) is 17.2 Å². The number of benzene rings is 2. The molecule has 0 radical (unpaired) electrons. The molecule has 0 amide bonds. The molecule has 0 spiro atoms. The summed E-state index contributed by atoms with van der Waals surface area (Å²) in [6, 6.07) is 11.2. The molecule has 5 heteroatoms. The van der Waals surface area contributed by atoms with E-state index in [1.807, 2.05) is 36.4 Å². The zero-order chi connectivity index (χ0) is 14.7. The minimum absolute atomic E-state index is 0.249. The third-order valence-corrected chi connectivity index (χ3v) is 3.26. The molecule has 0 unspecified atom stereocenters. The second-order valence-corrected chi connectivity index (χ2v) is 4.72. The minimum atomic E-state index is 0.249. The number of rotatable bonds is 4. The van der Waals surface area contributed by atoms with Crippen LogP contribution in [0.1, 0.15) is 11.1 Å². The van der Waals surface area contributed by atoms with Gasteiger partial charge in [0, 0.05) is 16.8 Å². The summed E-state index contributed by atoms with van der Waals surface area (Å²) in [6.07, 6.45) is 0. The van der Waals surface area contributed by atoms with Gasteiger partial charge in [-0.25, -0.2) is 0 Å². The second-order valence-electron chi connectivity index (χ2n) is 4.72. The molecule has 0 aliphatic carbocycles. The van der Waals surface area contributed by atoms with Gasteiger partial charge in [-0.3, -0.25) is 0 Å². The van der Waals surface area contributed by atoms with Gasteiger partial charge in [-0.15, -0.1) is 0 Å². The van der Waals surface area contributed by atoms with Crippen LogP contribution in [-0.4, -0.2) is 13.9 Å². The Labute approximate surface area is 123 Å². The average molecular weight is 287 g/mol. The van der Waals surface area contributed by atoms with Crippen molar-refractivity contribution in [2.24, 2.45) is 0 Å². The Morgan fingerprint density at radius 3 is 2.81 bits per heavy atom. The van der Waals surface area contributed by atoms with Gasteiger partial charge in [-0.1, -0.05) is 12.1 Å². The molecule has 2 N–H and O–H groups in total. The summed E-state index contributed by atoms with van der Waals surface area (Å²) in [5.74, 6) is 2.17. The van der Waals surface area contributed by atoms with Crippen LogP contribution in [0.5, 0.6) is 17.2 Å². The van der Waals surface area contributed by atoms with Crippen molar-refractivity contribution in [1.29, 1.82) is 0 Å². The lowest BCUT2D eigenvalue weighted by Gasteiger charge is -2.21. The van der Waals surface area contributed by atoms with E-state index in [9.17, 15) is 0 Å². The van der Waals surface area contributed by atoms with Crippen LogP contribution in [0.3, 0.4) is 0 Å². The highest BCUT2D eigenvalue weighted by atomic mass is 16.7. The van der Waals surface area contributed by atoms with Crippen LogP contribution >= 0.6 is 0 Å². The van der Waals surface area contributed by atoms with Crippen LogP contribution in [-0.2, 0) is 18.0 Å². The quantitative estimate of drug-likeness (QED) is 0.876. The van der Waals surface area contributed by atoms with Crippen LogP contribution in [0, 0.1) is 0 Å². The lowest BCUT2D eigenvalue weighted by atomic mass is 10.1. The molecule has 21 heavy (non-hydrogen) atoms. The Balaban J connectivity index is 1.83. The summed E-state index contributed by atoms with van der Waals surface area (Å²) in [4.78, 5) is 0. The number of hydrogen-bond donors (Lipinski definition) is 1. The van der Waals surface area contributed by atoms with Crippen molar-refractivity contribution >= 4 is 5.69 Å². The number of ether oxygens (including phenoxy) is 4. The van der Waals surface area contributed by atoms with Gasteiger partial charge in [0.1, 0.15) is 12.4 Å². The molecule has 0 aromatic heterocycles. The zero-order valence-electron chi connectivity index (χ0n) is 11.8. The number of hydrogen-bond acceptors (Lipinski definition) is 5. The molecule has 0 fully saturated rings. The van der Waals surface area contributed by atoms with Crippen molar-refractivity contribution in [1.82, 2.24) is 0 Å². The summed E-state index contributed by atoms with van der Waals surface area (Å²) < 4.78 is 21.9. The maximum atomic E-state index is 5.92. The number of para-hydroxylation sites is 2. The Morgan fingerprint density at radius 2 is 2.00 bits per heavy atom. The van der Waals surface area contributed by atoms with E-state index in [0.29, 0.717) is 30.4 Å². The number of nitrogens with two attached hydrogens (primary N) is 1. The van der Waals surface area contributed by atoms with Crippen molar-refractivity contribution in [3.63, 3.8) is 0 Å². The van der Waals surface area contributed by atoms with Crippen LogP contribution in [0.2, 0.25) is 0 Å². The fraction of sp³-hybridized carbons (Fsp3) is 0.250. The van der Waals surface area contributed by atoms with Crippen molar-refractivity contribution in [2.45, 2.75) is 13.2 Å². The third kappa shape index (κ3) is 2.87. The molecule has 0 bridgehead atoms. The molecule has 110 valence electrons. The van der Waals surface area contributed by atoms with E-state index >= 15 is 0 Å². The van der Waals surface area contributed by atoms with E-state index in [4.69, 9.17) is 24.7 Å². The number of nitrogen functional groups attached to an aromatic ring is 1. The summed E-state index contributed by atoms with van der Waals surface area (Å²) >= 11 is 0. The second kappa shape index (κ2) is 5.93. The Kier molecular flexibility index (Phi) is 3.83. The van der Waals surface area contributed by atoms with Gasteiger partial charge in [0.05, 0.1) is 13.7 Å². The topological polar surface area (TPSA) is 62.9 Å². The normalized spacial score (nSPS) is 13.2. The van der Waals surface area contributed by atoms with Crippen molar-refractivity contribution in [3.05, 3.63) is 47.5 Å². The summed E-state index contributed by atoms with van der Waals surface area (Å²) in [6.45, 7) is 1.11. The highest BCUT2D eigenvalue weighted by Gasteiger charge is 2.17. The molecule has 1 heterocycles. The van der Waals surface area contributed by atoms with Gasteiger partial charge in [0.25, 0.3) is 0 Å². The molecular formula is C16H17NO4. The molecule has 1 aliphatic heterocycles. The molecule has 0 saturated heterocycles. The first-order valence-corrected chi connectivity index (χ1v) is 6.65. The Hall–Kier alpha value is -2.40. The van der Waals surface area contributed by atoms with Crippen LogP contribution in [0.4, 0.5) is 5.69 Å². The van der Waals surface area contributed by atoms with E-state index in [2.05, 4.69) is 0 Å². The maximum Gasteiger partial charge on any atom is 0.189 e. The van der Waals surface area contributed by atoms with E-state index < -0.39 is 0 Å². The van der Waals surface area contributed by atoms with E-state index in [-0.39, 0.29) is 6.79 Å². The van der Waals surface area contributed by atoms with Crippen LogP contribution in [0.15, 0.2) is 36.4 Å². The molecule has 0 atom stereocenters. The SMILES string of the molecule is COc1ccccc1OCc1cc(N)cc2c1OCOC2. The fourth-order valence-electron chi connectivity index (χ4n) is 2.33. The standard InChI is InChI=1S/C16H17NO4/c1-18-14-4-2-3-5-15(14)20-9-12-7-13(17)6-11-8-19-10-21-16(11)12/h2-7H,8-10,17H2,1H3. The average Bonchev–Trinajstić information content (AvgIpc) is 2.52. The van der Waals surface area contributed by atoms with E-state index in [1.165, 1.54) is 0 Å². The molecule has 5 nitrogen and oxygen atoms in total. The van der Waals surface area contributed by atoms with Crippen molar-refractivity contribution < 1.29 is 18.9 Å². The predicted octanol–water partition coefficient (Wildman–Crippen LogP) is 2.72. The first-order chi connectivity index (χ1) is 10.3. The summed E-state index contributed by atoms with van der Waals surface area (Å²) in [5.41, 5.74) is 8.43. The van der Waals surface area contributed by atoms with Gasteiger partial charge in [0.15, 0.2) is 18.3 Å². The van der Waals surface area contributed by atoms with Gasteiger partial charge < -0.3 is 24.7 Å². The summed E-state index contributed by atoms with van der Waals surface area (Å²) in [7, 11) is 1.62. The highest BCUT2D eigenvalue weighted by Crippen LogP contribution is 2.33. The molecular weight excluding hydrogens is 270 g/mol. The minimum Gasteiger partial charge on any atom is -0.493 e. The lowest BCUT2D eigenvalue weighted by Crippen LogP contribution is -2.14. The maximum absolute atomic E-state index is 5.92. The van der Waals surface area contributed by atoms with Gasteiger partial charge in [-0.2, -0.15) is 0 Å². The van der Waals surface area contributed by atoms with E-state index in [0.717, 1.165) is 16.9 Å². The van der Waals surface area contributed by atoms with Crippen LogP contribution in [0.25, 0.3) is 0 Å². The van der Waals surface area contributed by atoms with Crippen LogP contribution < -0.4 is 19.9 Å². The molecule has 2 aromatic carbocycles. The monoisotopic (exact) mass is 287 g/mol. The number of anilines is 1. The molecule has 3 rings (SSSR count). The number of fused-ring (bicyclic) bond motifs is 1. The highest BCUT2D eigenvalue weighted by molar-refractivity contribution is 5.53. The van der Waals surface area contributed by atoms with E-state index in [1.54, 1.807) is 7.11 Å². The van der Waals surface area contributed by atoms with Gasteiger partial charge in [0.2, 0.25) is 0 Å². The Bertz CT molecular complexity index is 642. The fourth-order valence-corrected chi connectivity index (χ4v) is 2.33. The lowest BCUT2D eigenvalue weighted by molar-refractivity contribution is -0.0175.